The summed E-state index contributed by atoms with van der Waals surface area (Å²) in [5.74, 6) is -1.72. The molecule has 7 heteroatoms. The summed E-state index contributed by atoms with van der Waals surface area (Å²) in [6.45, 7) is 0. The van der Waals surface area contributed by atoms with Gasteiger partial charge in [0.15, 0.2) is 0 Å². The Kier molecular flexibility index (Phi) is 4.77. The predicted octanol–water partition coefficient (Wildman–Crippen LogP) is 3.21. The van der Waals surface area contributed by atoms with Gasteiger partial charge in [-0.2, -0.15) is 0 Å². The van der Waals surface area contributed by atoms with Gasteiger partial charge in [0.25, 0.3) is 11.8 Å². The van der Waals surface area contributed by atoms with Crippen LogP contribution in [0.4, 0.5) is 4.39 Å². The minimum atomic E-state index is -0.651. The zero-order valence-electron chi connectivity index (χ0n) is 10.5. The Hall–Kier alpha value is -2.11. The topological polar surface area (TPSA) is 58.2 Å². The maximum absolute atomic E-state index is 12.9. The van der Waals surface area contributed by atoms with E-state index in [0.29, 0.717) is 10.6 Å². The fourth-order valence-corrected chi connectivity index (χ4v) is 1.91. The number of amides is 2. The molecule has 2 N–H and O–H groups in total. The lowest BCUT2D eigenvalue weighted by atomic mass is 10.2. The average Bonchev–Trinajstić information content (AvgIpc) is 2.45. The van der Waals surface area contributed by atoms with Gasteiger partial charge < -0.3 is 0 Å². The summed E-state index contributed by atoms with van der Waals surface area (Å²) in [5.41, 5.74) is 4.79. The Balaban J connectivity index is 2.00. The Bertz CT molecular complexity index is 690. The molecule has 0 atom stereocenters. The number of carbonyl (C=O) groups excluding carboxylic acids is 2. The summed E-state index contributed by atoms with van der Waals surface area (Å²) in [7, 11) is 0. The average molecular weight is 327 g/mol. The van der Waals surface area contributed by atoms with Gasteiger partial charge in [-0.3, -0.25) is 20.4 Å². The van der Waals surface area contributed by atoms with E-state index in [2.05, 4.69) is 10.9 Å². The molecule has 108 valence electrons. The first-order valence-corrected chi connectivity index (χ1v) is 6.54. The molecule has 21 heavy (non-hydrogen) atoms. The highest BCUT2D eigenvalue weighted by molar-refractivity contribution is 6.33. The maximum atomic E-state index is 12.9. The normalized spacial score (nSPS) is 10.0. The van der Waals surface area contributed by atoms with Crippen molar-refractivity contribution in [1.82, 2.24) is 10.9 Å². The standard InChI is InChI=1S/C14H9Cl2FN2O2/c15-9-3-1-8(2-4-9)13(20)18-19-14(21)11-6-5-10(17)7-12(11)16/h1-7H,(H,18,20)(H,19,21). The fraction of sp³-hybridized carbons (Fsp3) is 0. The number of hydrazine groups is 1. The van der Waals surface area contributed by atoms with Crippen LogP contribution in [0.2, 0.25) is 10.0 Å². The highest BCUT2D eigenvalue weighted by Crippen LogP contribution is 2.16. The van der Waals surface area contributed by atoms with E-state index in [-0.39, 0.29) is 10.6 Å². The number of hydrogen-bond donors (Lipinski definition) is 2. The molecular weight excluding hydrogens is 318 g/mol. The summed E-state index contributed by atoms with van der Waals surface area (Å²) in [5, 5.41) is 0.446. The number of carbonyl (C=O) groups is 2. The van der Waals surface area contributed by atoms with E-state index in [1.807, 2.05) is 0 Å². The van der Waals surface area contributed by atoms with E-state index < -0.39 is 17.6 Å². The molecule has 0 fully saturated rings. The fourth-order valence-electron chi connectivity index (χ4n) is 1.53. The number of halogens is 3. The number of rotatable bonds is 2. The molecule has 2 aromatic carbocycles. The Morgan fingerprint density at radius 1 is 0.905 bits per heavy atom. The van der Waals surface area contributed by atoms with Crippen LogP contribution in [-0.2, 0) is 0 Å². The summed E-state index contributed by atoms with van der Waals surface area (Å²) in [6.07, 6.45) is 0. The van der Waals surface area contributed by atoms with Crippen LogP contribution in [0.3, 0.4) is 0 Å². The van der Waals surface area contributed by atoms with Gasteiger partial charge in [0, 0.05) is 10.6 Å². The zero-order chi connectivity index (χ0) is 15.4. The molecule has 0 aromatic heterocycles. The van der Waals surface area contributed by atoms with E-state index in [9.17, 15) is 14.0 Å². The van der Waals surface area contributed by atoms with Crippen molar-refractivity contribution in [3.05, 3.63) is 69.5 Å². The van der Waals surface area contributed by atoms with E-state index in [0.717, 1.165) is 12.1 Å². The molecular formula is C14H9Cl2FN2O2. The van der Waals surface area contributed by atoms with E-state index in [4.69, 9.17) is 23.2 Å². The second-order valence-corrected chi connectivity index (χ2v) is 4.88. The van der Waals surface area contributed by atoms with Gasteiger partial charge >= 0.3 is 0 Å². The van der Waals surface area contributed by atoms with Crippen molar-refractivity contribution < 1.29 is 14.0 Å². The molecule has 0 aliphatic rings. The van der Waals surface area contributed by atoms with Gasteiger partial charge in [-0.25, -0.2) is 4.39 Å². The SMILES string of the molecule is O=C(NNC(=O)c1ccc(F)cc1Cl)c1ccc(Cl)cc1. The van der Waals surface area contributed by atoms with Crippen molar-refractivity contribution in [2.75, 3.05) is 0 Å². The predicted molar refractivity (Wildman–Crippen MR) is 77.8 cm³/mol. The first-order valence-electron chi connectivity index (χ1n) is 5.78. The highest BCUT2D eigenvalue weighted by Gasteiger charge is 2.12. The van der Waals surface area contributed by atoms with Crippen molar-refractivity contribution in [3.63, 3.8) is 0 Å². The molecule has 0 aliphatic carbocycles. The maximum Gasteiger partial charge on any atom is 0.271 e. The smallest absolute Gasteiger partial charge is 0.267 e. The van der Waals surface area contributed by atoms with Crippen molar-refractivity contribution in [2.45, 2.75) is 0 Å². The highest BCUT2D eigenvalue weighted by atomic mass is 35.5. The van der Waals surface area contributed by atoms with Crippen molar-refractivity contribution >= 4 is 35.0 Å². The van der Waals surface area contributed by atoms with Gasteiger partial charge in [-0.05, 0) is 42.5 Å². The molecule has 4 nitrogen and oxygen atoms in total. The van der Waals surface area contributed by atoms with Gasteiger partial charge in [-0.1, -0.05) is 23.2 Å². The molecule has 0 bridgehead atoms. The molecule has 0 saturated heterocycles. The second-order valence-electron chi connectivity index (χ2n) is 4.04. The quantitative estimate of drug-likeness (QED) is 0.832. The van der Waals surface area contributed by atoms with Gasteiger partial charge in [0.2, 0.25) is 0 Å². The summed E-state index contributed by atoms with van der Waals surface area (Å²) in [6, 6.07) is 9.45. The Labute approximate surface area is 129 Å². The molecule has 0 saturated carbocycles. The number of benzene rings is 2. The third kappa shape index (κ3) is 3.93. The van der Waals surface area contributed by atoms with Crippen LogP contribution in [0.1, 0.15) is 20.7 Å². The first-order chi connectivity index (χ1) is 9.97. The lowest BCUT2D eigenvalue weighted by Crippen LogP contribution is -2.41. The Morgan fingerprint density at radius 2 is 1.52 bits per heavy atom. The molecule has 0 unspecified atom stereocenters. The molecule has 0 heterocycles. The Morgan fingerprint density at radius 3 is 2.14 bits per heavy atom. The minimum absolute atomic E-state index is 0.0479. The third-order valence-electron chi connectivity index (χ3n) is 2.57. The second kappa shape index (κ2) is 6.56. The summed E-state index contributed by atoms with van der Waals surface area (Å²) < 4.78 is 12.9. The number of nitrogens with one attached hydrogen (secondary N) is 2. The summed E-state index contributed by atoms with van der Waals surface area (Å²) in [4.78, 5) is 23.6. The van der Waals surface area contributed by atoms with Crippen LogP contribution < -0.4 is 10.9 Å². The first kappa shape index (κ1) is 15.3. The van der Waals surface area contributed by atoms with Crippen LogP contribution in [0.15, 0.2) is 42.5 Å². The van der Waals surface area contributed by atoms with Crippen LogP contribution in [0, 0.1) is 5.82 Å². The molecule has 2 aromatic rings. The van der Waals surface area contributed by atoms with Gasteiger partial charge in [0.1, 0.15) is 5.82 Å². The third-order valence-corrected chi connectivity index (χ3v) is 3.14. The van der Waals surface area contributed by atoms with Crippen LogP contribution in [0.25, 0.3) is 0 Å². The molecule has 2 rings (SSSR count). The zero-order valence-corrected chi connectivity index (χ0v) is 12.0. The van der Waals surface area contributed by atoms with E-state index in [1.165, 1.54) is 18.2 Å². The van der Waals surface area contributed by atoms with E-state index in [1.54, 1.807) is 12.1 Å². The molecule has 0 spiro atoms. The molecule has 0 aliphatic heterocycles. The van der Waals surface area contributed by atoms with Crippen molar-refractivity contribution in [2.24, 2.45) is 0 Å². The largest absolute Gasteiger partial charge is 0.271 e. The van der Waals surface area contributed by atoms with Crippen molar-refractivity contribution in [3.8, 4) is 0 Å². The van der Waals surface area contributed by atoms with E-state index >= 15 is 0 Å². The lowest BCUT2D eigenvalue weighted by molar-refractivity contribution is 0.0846. The van der Waals surface area contributed by atoms with Crippen LogP contribution in [0.5, 0.6) is 0 Å². The lowest BCUT2D eigenvalue weighted by Gasteiger charge is -2.08. The van der Waals surface area contributed by atoms with Gasteiger partial charge in [0.05, 0.1) is 10.6 Å². The van der Waals surface area contributed by atoms with Gasteiger partial charge in [-0.15, -0.1) is 0 Å². The molecule has 0 radical (unpaired) electrons. The van der Waals surface area contributed by atoms with Crippen LogP contribution in [-0.4, -0.2) is 11.8 Å². The minimum Gasteiger partial charge on any atom is -0.267 e. The molecule has 2 amide bonds. The monoisotopic (exact) mass is 326 g/mol. The number of hydrogen-bond acceptors (Lipinski definition) is 2. The summed E-state index contributed by atoms with van der Waals surface area (Å²) >= 11 is 11.5. The van der Waals surface area contributed by atoms with Crippen LogP contribution >= 0.6 is 23.2 Å². The van der Waals surface area contributed by atoms with Crippen molar-refractivity contribution in [1.29, 1.82) is 0 Å².